The molecule has 0 fully saturated rings. The van der Waals surface area contributed by atoms with Crippen molar-refractivity contribution in [2.75, 3.05) is 13.7 Å². The van der Waals surface area contributed by atoms with Gasteiger partial charge in [-0.1, -0.05) is 19.9 Å². The fourth-order valence-electron chi connectivity index (χ4n) is 1.82. The van der Waals surface area contributed by atoms with Crippen molar-refractivity contribution in [1.29, 1.82) is 0 Å². The lowest BCUT2D eigenvalue weighted by Crippen LogP contribution is -2.42. The van der Waals surface area contributed by atoms with E-state index < -0.39 is 24.0 Å². The van der Waals surface area contributed by atoms with Crippen molar-refractivity contribution in [2.24, 2.45) is 11.7 Å². The van der Waals surface area contributed by atoms with Crippen molar-refractivity contribution < 1.29 is 28.6 Å². The summed E-state index contributed by atoms with van der Waals surface area (Å²) in [4.78, 5) is 33.8. The molecule has 0 saturated heterocycles. The van der Waals surface area contributed by atoms with Crippen molar-refractivity contribution in [3.05, 3.63) is 29.8 Å². The fraction of sp³-hybridized carbons (Fsp3) is 0.389. The Hall–Kier alpha value is -3.03. The van der Waals surface area contributed by atoms with Gasteiger partial charge in [0.15, 0.2) is 17.6 Å². The minimum Gasteiger partial charge on any atom is -0.493 e. The summed E-state index contributed by atoms with van der Waals surface area (Å²) in [7, 11) is 1.53. The molecule has 1 aromatic carbocycles. The summed E-state index contributed by atoms with van der Waals surface area (Å²) >= 11 is 0. The fourth-order valence-corrected chi connectivity index (χ4v) is 1.82. The van der Waals surface area contributed by atoms with E-state index in [0.717, 1.165) is 6.08 Å². The minimum absolute atomic E-state index is 0.378. The van der Waals surface area contributed by atoms with Gasteiger partial charge in [0.1, 0.15) is 0 Å². The largest absolute Gasteiger partial charge is 0.493 e. The van der Waals surface area contributed by atoms with Crippen molar-refractivity contribution in [3.8, 4) is 11.5 Å². The number of imide groups is 1. The molecule has 1 aromatic rings. The molecule has 8 nitrogen and oxygen atoms in total. The highest BCUT2D eigenvalue weighted by Crippen LogP contribution is 2.29. The number of primary amides is 1. The maximum absolute atomic E-state index is 11.8. The van der Waals surface area contributed by atoms with Crippen LogP contribution in [0.25, 0.3) is 6.08 Å². The summed E-state index contributed by atoms with van der Waals surface area (Å²) in [6, 6.07) is 4.20. The maximum Gasteiger partial charge on any atom is 0.331 e. The predicted molar refractivity (Wildman–Crippen MR) is 95.6 cm³/mol. The molecule has 0 heterocycles. The average molecular weight is 364 g/mol. The molecule has 8 heteroatoms. The second kappa shape index (κ2) is 10.1. The first-order chi connectivity index (χ1) is 12.2. The molecule has 0 spiro atoms. The van der Waals surface area contributed by atoms with Crippen LogP contribution in [-0.4, -0.2) is 37.7 Å². The third kappa shape index (κ3) is 7.25. The standard InChI is InChI=1S/C18H24N2O6/c1-11(2)10-25-14-7-5-13(9-15(14)24-4)6-8-16(21)26-12(3)17(22)20-18(19)23/h5-9,11-12H,10H2,1-4H3,(H3,19,20,22,23)/b8-6+/t12-/m0/s1. The average Bonchev–Trinajstić information content (AvgIpc) is 2.57. The lowest BCUT2D eigenvalue weighted by molar-refractivity contribution is -0.149. The van der Waals surface area contributed by atoms with Crippen LogP contribution in [0.4, 0.5) is 4.79 Å². The number of amides is 3. The van der Waals surface area contributed by atoms with Gasteiger partial charge in [-0.2, -0.15) is 0 Å². The van der Waals surface area contributed by atoms with Gasteiger partial charge in [-0.25, -0.2) is 9.59 Å². The monoisotopic (exact) mass is 364 g/mol. The van der Waals surface area contributed by atoms with E-state index in [2.05, 4.69) is 0 Å². The van der Waals surface area contributed by atoms with E-state index in [1.807, 2.05) is 19.2 Å². The van der Waals surface area contributed by atoms with Crippen LogP contribution >= 0.6 is 0 Å². The molecule has 0 aliphatic rings. The van der Waals surface area contributed by atoms with Gasteiger partial charge < -0.3 is 19.9 Å². The third-order valence-corrected chi connectivity index (χ3v) is 3.08. The highest BCUT2D eigenvalue weighted by molar-refractivity contribution is 5.97. The number of carbonyl (C=O) groups is 3. The molecule has 0 unspecified atom stereocenters. The molecule has 0 aliphatic carbocycles. The van der Waals surface area contributed by atoms with E-state index in [1.54, 1.807) is 18.2 Å². The number of methoxy groups -OCH3 is 1. The number of esters is 1. The number of benzene rings is 1. The van der Waals surface area contributed by atoms with Crippen molar-refractivity contribution in [1.82, 2.24) is 5.32 Å². The highest BCUT2D eigenvalue weighted by atomic mass is 16.5. The van der Waals surface area contributed by atoms with Crippen LogP contribution in [0.15, 0.2) is 24.3 Å². The number of nitrogens with one attached hydrogen (secondary N) is 1. The Morgan fingerprint density at radius 3 is 2.46 bits per heavy atom. The number of rotatable bonds is 8. The minimum atomic E-state index is -1.15. The first-order valence-corrected chi connectivity index (χ1v) is 8.02. The second-order valence-electron chi connectivity index (χ2n) is 5.88. The molecule has 3 N–H and O–H groups in total. The summed E-state index contributed by atoms with van der Waals surface area (Å²) in [6.07, 6.45) is 1.52. The number of hydrogen-bond donors (Lipinski definition) is 2. The Bertz CT molecular complexity index is 684. The summed E-state index contributed by atoms with van der Waals surface area (Å²) in [5, 5.41) is 1.83. The highest BCUT2D eigenvalue weighted by Gasteiger charge is 2.17. The van der Waals surface area contributed by atoms with Gasteiger partial charge >= 0.3 is 12.0 Å². The van der Waals surface area contributed by atoms with E-state index in [9.17, 15) is 14.4 Å². The van der Waals surface area contributed by atoms with Crippen LogP contribution < -0.4 is 20.5 Å². The molecular formula is C18H24N2O6. The Kier molecular flexibility index (Phi) is 8.14. The zero-order valence-corrected chi connectivity index (χ0v) is 15.3. The molecule has 26 heavy (non-hydrogen) atoms. The number of ether oxygens (including phenoxy) is 3. The van der Waals surface area contributed by atoms with Crippen LogP contribution in [0.2, 0.25) is 0 Å². The number of hydrogen-bond acceptors (Lipinski definition) is 6. The van der Waals surface area contributed by atoms with Crippen molar-refractivity contribution in [2.45, 2.75) is 26.9 Å². The number of carbonyl (C=O) groups excluding carboxylic acids is 3. The van der Waals surface area contributed by atoms with E-state index in [-0.39, 0.29) is 0 Å². The van der Waals surface area contributed by atoms with E-state index in [1.165, 1.54) is 20.1 Å². The maximum atomic E-state index is 11.8. The molecular weight excluding hydrogens is 340 g/mol. The summed E-state index contributed by atoms with van der Waals surface area (Å²) in [5.74, 6) is -0.0142. The zero-order chi connectivity index (χ0) is 19.7. The van der Waals surface area contributed by atoms with Crippen LogP contribution in [0.5, 0.6) is 11.5 Å². The van der Waals surface area contributed by atoms with Gasteiger partial charge in [0.05, 0.1) is 13.7 Å². The lowest BCUT2D eigenvalue weighted by Gasteiger charge is -2.13. The smallest absolute Gasteiger partial charge is 0.331 e. The Labute approximate surface area is 152 Å². The summed E-state index contributed by atoms with van der Waals surface area (Å²) in [5.41, 5.74) is 5.51. The molecule has 0 saturated carbocycles. The van der Waals surface area contributed by atoms with Gasteiger partial charge in [0, 0.05) is 6.08 Å². The van der Waals surface area contributed by atoms with Crippen molar-refractivity contribution >= 4 is 24.0 Å². The Balaban J connectivity index is 2.70. The van der Waals surface area contributed by atoms with Crippen LogP contribution in [0.3, 0.4) is 0 Å². The molecule has 1 atom stereocenters. The Morgan fingerprint density at radius 1 is 1.19 bits per heavy atom. The van der Waals surface area contributed by atoms with Gasteiger partial charge in [-0.3, -0.25) is 10.1 Å². The topological polar surface area (TPSA) is 117 Å². The quantitative estimate of drug-likeness (QED) is 0.537. The van der Waals surface area contributed by atoms with Gasteiger partial charge in [0.25, 0.3) is 5.91 Å². The third-order valence-electron chi connectivity index (χ3n) is 3.08. The van der Waals surface area contributed by atoms with Crippen molar-refractivity contribution in [3.63, 3.8) is 0 Å². The molecule has 142 valence electrons. The lowest BCUT2D eigenvalue weighted by atomic mass is 10.2. The first kappa shape index (κ1) is 21.0. The number of urea groups is 1. The molecule has 0 aliphatic heterocycles. The van der Waals surface area contributed by atoms with Crippen LogP contribution in [0.1, 0.15) is 26.3 Å². The van der Waals surface area contributed by atoms with Crippen LogP contribution in [0, 0.1) is 5.92 Å². The van der Waals surface area contributed by atoms with Gasteiger partial charge in [0.2, 0.25) is 0 Å². The normalized spacial score (nSPS) is 11.9. The Morgan fingerprint density at radius 2 is 1.88 bits per heavy atom. The molecule has 1 rings (SSSR count). The second-order valence-corrected chi connectivity index (χ2v) is 5.88. The van der Waals surface area contributed by atoms with Gasteiger partial charge in [-0.05, 0) is 36.6 Å². The van der Waals surface area contributed by atoms with Crippen LogP contribution in [-0.2, 0) is 14.3 Å². The molecule has 0 aromatic heterocycles. The zero-order valence-electron chi connectivity index (χ0n) is 15.3. The summed E-state index contributed by atoms with van der Waals surface area (Å²) < 4.78 is 15.8. The predicted octanol–water partition coefficient (Wildman–Crippen LogP) is 1.87. The SMILES string of the molecule is COc1cc(/C=C/C(=O)O[C@@H](C)C(=O)NC(N)=O)ccc1OCC(C)C. The van der Waals surface area contributed by atoms with E-state index >= 15 is 0 Å². The van der Waals surface area contributed by atoms with E-state index in [4.69, 9.17) is 19.9 Å². The molecule has 3 amide bonds. The van der Waals surface area contributed by atoms with Gasteiger partial charge in [-0.15, -0.1) is 0 Å². The first-order valence-electron chi connectivity index (χ1n) is 8.02. The molecule has 0 bridgehead atoms. The molecule has 0 radical (unpaired) electrons. The van der Waals surface area contributed by atoms with E-state index in [0.29, 0.717) is 29.6 Å². The summed E-state index contributed by atoms with van der Waals surface area (Å²) in [6.45, 7) is 5.97. The number of nitrogens with two attached hydrogens (primary N) is 1.